The van der Waals surface area contributed by atoms with E-state index in [1.165, 1.54) is 6.20 Å². The van der Waals surface area contributed by atoms with Gasteiger partial charge in [0.05, 0.1) is 29.3 Å². The summed E-state index contributed by atoms with van der Waals surface area (Å²) < 4.78 is 18.4. The number of hydrogen-bond donors (Lipinski definition) is 3. The minimum absolute atomic E-state index is 0.0695. The molecule has 0 aliphatic heterocycles. The zero-order chi connectivity index (χ0) is 33.2. The van der Waals surface area contributed by atoms with Gasteiger partial charge in [0.2, 0.25) is 0 Å². The molecule has 1 heterocycles. The van der Waals surface area contributed by atoms with Gasteiger partial charge >= 0.3 is 0 Å². The van der Waals surface area contributed by atoms with Crippen LogP contribution >= 0.6 is 57.4 Å². The molecule has 0 saturated carbocycles. The van der Waals surface area contributed by atoms with E-state index in [1.54, 1.807) is 31.3 Å². The molecule has 0 bridgehead atoms. The highest BCUT2D eigenvalue weighted by Gasteiger charge is 2.54. The Kier molecular flexibility index (Phi) is 13.2. The van der Waals surface area contributed by atoms with Gasteiger partial charge in [-0.3, -0.25) is 4.98 Å². The highest BCUT2D eigenvalue weighted by molar-refractivity contribution is 14.1. The highest BCUT2D eigenvalue weighted by Crippen LogP contribution is 2.50. The van der Waals surface area contributed by atoms with Crippen molar-refractivity contribution in [1.82, 2.24) is 10.3 Å². The number of aliphatic hydroxyl groups excluding tert-OH is 2. The topological polar surface area (TPSA) is 117 Å². The van der Waals surface area contributed by atoms with E-state index in [0.29, 0.717) is 45.4 Å². The van der Waals surface area contributed by atoms with E-state index in [2.05, 4.69) is 39.0 Å². The van der Waals surface area contributed by atoms with Crippen molar-refractivity contribution < 1.29 is 24.4 Å². The minimum atomic E-state index is -1.51. The maximum atomic E-state index is 9.79. The molecule has 1 aromatic heterocycles. The fourth-order valence-electron chi connectivity index (χ4n) is 4.66. The smallest absolute Gasteiger partial charge is 0.179 e. The number of halogens is 4. The number of hydrogen-bond acceptors (Lipinski definition) is 8. The van der Waals surface area contributed by atoms with E-state index in [0.717, 1.165) is 16.4 Å². The van der Waals surface area contributed by atoms with Gasteiger partial charge in [0.1, 0.15) is 30.8 Å². The van der Waals surface area contributed by atoms with Crippen molar-refractivity contribution >= 4 is 63.0 Å². The minimum Gasteiger partial charge on any atom is -0.488 e. The van der Waals surface area contributed by atoms with Gasteiger partial charge < -0.3 is 29.7 Å². The van der Waals surface area contributed by atoms with E-state index >= 15 is 0 Å². The molecule has 0 amide bonds. The molecule has 12 heteroatoms. The number of alkyl halides is 3. The lowest BCUT2D eigenvalue weighted by atomic mass is 9.85. The van der Waals surface area contributed by atoms with E-state index in [-0.39, 0.29) is 33.0 Å². The summed E-state index contributed by atoms with van der Waals surface area (Å²) in [7, 11) is 0. The summed E-state index contributed by atoms with van der Waals surface area (Å²) in [5.74, 6) is 0.737. The number of aliphatic hydroxyl groups is 2. The Morgan fingerprint density at radius 3 is 2.52 bits per heavy atom. The first-order valence-corrected chi connectivity index (χ1v) is 17.2. The number of pyridine rings is 1. The number of rotatable bonds is 16. The average molecular weight is 799 g/mol. The second-order valence-corrected chi connectivity index (χ2v) is 13.9. The van der Waals surface area contributed by atoms with Crippen LogP contribution < -0.4 is 14.8 Å². The molecule has 46 heavy (non-hydrogen) atoms. The maximum absolute atomic E-state index is 9.79. The Labute approximate surface area is 298 Å². The average Bonchev–Trinajstić information content (AvgIpc) is 3.07. The van der Waals surface area contributed by atoms with E-state index in [9.17, 15) is 15.5 Å². The molecule has 244 valence electrons. The number of allylic oxidation sites excluding steroid dienone is 2. The van der Waals surface area contributed by atoms with Crippen LogP contribution in [0.4, 0.5) is 0 Å². The number of aromatic nitrogens is 1. The number of ether oxygens (including phenoxy) is 3. The Balaban J connectivity index is 1.66. The van der Waals surface area contributed by atoms with Crippen LogP contribution in [0.1, 0.15) is 35.6 Å². The Hall–Kier alpha value is -2.40. The summed E-state index contributed by atoms with van der Waals surface area (Å²) in [5.41, 5.74) is 1.09. The third-order valence-corrected chi connectivity index (χ3v) is 9.60. The van der Waals surface area contributed by atoms with Gasteiger partial charge in [0.25, 0.3) is 0 Å². The third-order valence-electron chi connectivity index (χ3n) is 7.50. The largest absolute Gasteiger partial charge is 0.488 e. The molecule has 0 spiro atoms. The van der Waals surface area contributed by atoms with Gasteiger partial charge in [-0.15, -0.1) is 0 Å². The summed E-state index contributed by atoms with van der Waals surface area (Å²) >= 11 is 23.5. The molecule has 0 saturated heterocycles. The molecule has 2 aromatic carbocycles. The van der Waals surface area contributed by atoms with Gasteiger partial charge in [-0.05, 0) is 42.7 Å². The monoisotopic (exact) mass is 797 g/mol. The van der Waals surface area contributed by atoms with E-state index in [1.807, 2.05) is 48.6 Å². The normalized spacial score (nSPS) is 17.3. The molecular formula is C34H35Cl3IN3O5. The first-order chi connectivity index (χ1) is 22.1. The van der Waals surface area contributed by atoms with Crippen molar-refractivity contribution in [2.24, 2.45) is 0 Å². The van der Waals surface area contributed by atoms with Crippen LogP contribution in [0.5, 0.6) is 11.5 Å². The fourth-order valence-corrected chi connectivity index (χ4v) is 5.90. The van der Waals surface area contributed by atoms with Crippen LogP contribution in [0, 0.1) is 11.3 Å². The standard InChI is InChI=1S/C34H35Cl3IN3O5/c1-32(21-42,22-43)41-19-27-14-29(35)31(15-30(27)44-20-25-13-24(16-39)17-40-18-25)45-23-33(46-12-6-11-38)10-5-9-28(34(33,36)37)26-7-3-2-4-8-26/h2-5,7-10,13-15,17-18,41-43H,6,11-12,19-23H2,1H3. The van der Waals surface area contributed by atoms with Gasteiger partial charge in [0.15, 0.2) is 9.93 Å². The maximum Gasteiger partial charge on any atom is 0.179 e. The molecule has 0 fully saturated rings. The summed E-state index contributed by atoms with van der Waals surface area (Å²) in [6.45, 7) is 1.78. The number of nitriles is 1. The quantitative estimate of drug-likeness (QED) is 0.0824. The second kappa shape index (κ2) is 16.6. The lowest BCUT2D eigenvalue weighted by Crippen LogP contribution is -2.53. The molecule has 3 aromatic rings. The van der Waals surface area contributed by atoms with Gasteiger partial charge in [0, 0.05) is 47.2 Å². The number of benzene rings is 2. The molecule has 0 radical (unpaired) electrons. The van der Waals surface area contributed by atoms with Crippen molar-refractivity contribution in [3.8, 4) is 17.6 Å². The summed E-state index contributed by atoms with van der Waals surface area (Å²) in [4.78, 5) is 4.11. The van der Waals surface area contributed by atoms with Crippen LogP contribution in [0.2, 0.25) is 5.02 Å². The van der Waals surface area contributed by atoms with Crippen molar-refractivity contribution in [3.05, 3.63) is 106 Å². The Morgan fingerprint density at radius 2 is 1.83 bits per heavy atom. The van der Waals surface area contributed by atoms with Crippen LogP contribution in [-0.2, 0) is 17.9 Å². The summed E-state index contributed by atoms with van der Waals surface area (Å²) in [6, 6.07) is 16.8. The first kappa shape index (κ1) is 36.4. The number of nitrogens with one attached hydrogen (secondary N) is 1. The van der Waals surface area contributed by atoms with Crippen LogP contribution in [0.25, 0.3) is 5.57 Å². The molecule has 1 aliphatic rings. The van der Waals surface area contributed by atoms with E-state index < -0.39 is 15.5 Å². The molecule has 1 atom stereocenters. The summed E-state index contributed by atoms with van der Waals surface area (Å²) in [5, 5.41) is 32.3. The lowest BCUT2D eigenvalue weighted by Gasteiger charge is -2.43. The summed E-state index contributed by atoms with van der Waals surface area (Å²) in [6.07, 6.45) is 9.43. The molecule has 3 N–H and O–H groups in total. The van der Waals surface area contributed by atoms with Crippen molar-refractivity contribution in [3.63, 3.8) is 0 Å². The zero-order valence-corrected chi connectivity index (χ0v) is 29.6. The Morgan fingerprint density at radius 1 is 1.07 bits per heavy atom. The molecule has 8 nitrogen and oxygen atoms in total. The first-order valence-electron chi connectivity index (χ1n) is 14.5. The Bertz CT molecular complexity index is 1580. The van der Waals surface area contributed by atoms with E-state index in [4.69, 9.17) is 49.0 Å². The van der Waals surface area contributed by atoms with Crippen molar-refractivity contribution in [2.75, 3.05) is 30.9 Å². The van der Waals surface area contributed by atoms with Gasteiger partial charge in [-0.1, -0.05) is 99.9 Å². The predicted molar refractivity (Wildman–Crippen MR) is 190 cm³/mol. The highest BCUT2D eigenvalue weighted by atomic mass is 127. The van der Waals surface area contributed by atoms with Crippen LogP contribution in [0.15, 0.2) is 79.2 Å². The van der Waals surface area contributed by atoms with Crippen molar-refractivity contribution in [2.45, 2.75) is 42.0 Å². The van der Waals surface area contributed by atoms with Crippen molar-refractivity contribution in [1.29, 1.82) is 5.26 Å². The lowest BCUT2D eigenvalue weighted by molar-refractivity contribution is -0.0396. The number of nitrogens with zero attached hydrogens (tertiary/aromatic N) is 2. The third kappa shape index (κ3) is 8.74. The van der Waals surface area contributed by atoms with Gasteiger partial charge in [-0.25, -0.2) is 0 Å². The predicted octanol–water partition coefficient (Wildman–Crippen LogP) is 6.81. The van der Waals surface area contributed by atoms with Gasteiger partial charge in [-0.2, -0.15) is 5.26 Å². The molecule has 1 unspecified atom stereocenters. The molecule has 4 rings (SSSR count). The molecular weight excluding hydrogens is 764 g/mol. The van der Waals surface area contributed by atoms with Crippen LogP contribution in [-0.4, -0.2) is 61.5 Å². The SMILES string of the molecule is CC(CO)(CO)NCc1cc(Cl)c(OCC2(OCCCI)C=CC=C(c3ccccc3)C2(Cl)Cl)cc1OCc1cncc(C#N)c1. The fraction of sp³-hybridized carbons (Fsp3) is 0.353. The second-order valence-electron chi connectivity index (χ2n) is 11.1. The van der Waals surface area contributed by atoms with Crippen LogP contribution in [0.3, 0.4) is 0 Å². The zero-order valence-electron chi connectivity index (χ0n) is 25.2. The molecule has 1 aliphatic carbocycles.